The molecule has 3 nitrogen and oxygen atoms in total. The third-order valence-corrected chi connectivity index (χ3v) is 6.20. The van der Waals surface area contributed by atoms with Crippen molar-refractivity contribution in [3.05, 3.63) is 80.0 Å². The Labute approximate surface area is 174 Å². The Morgan fingerprint density at radius 1 is 1.18 bits per heavy atom. The lowest BCUT2D eigenvalue weighted by Gasteiger charge is -2.29. The van der Waals surface area contributed by atoms with Crippen LogP contribution in [0.3, 0.4) is 0 Å². The van der Waals surface area contributed by atoms with Crippen LogP contribution in [0.15, 0.2) is 47.8 Å². The summed E-state index contributed by atoms with van der Waals surface area (Å²) in [5, 5.41) is 2.70. The molecule has 0 radical (unpaired) electrons. The standard InChI is InChI=1S/C23H22ClNO2S/c1-15-5-7-20-18(10-15)4-3-9-25(20)23(26)22-12-17(14-28-22)13-27-21-8-6-19(24)11-16(21)2/h5-8,10-12,14H,3-4,9,13H2,1-2H3. The lowest BCUT2D eigenvalue weighted by atomic mass is 9.99. The number of hydrogen-bond donors (Lipinski definition) is 0. The summed E-state index contributed by atoms with van der Waals surface area (Å²) in [5.41, 5.74) is 5.55. The predicted octanol–water partition coefficient (Wildman–Crippen LogP) is 6.19. The monoisotopic (exact) mass is 411 g/mol. The van der Waals surface area contributed by atoms with Gasteiger partial charge in [0.15, 0.2) is 0 Å². The fourth-order valence-electron chi connectivity index (χ4n) is 3.57. The molecule has 3 aromatic rings. The summed E-state index contributed by atoms with van der Waals surface area (Å²) < 4.78 is 5.91. The highest BCUT2D eigenvalue weighted by atomic mass is 35.5. The van der Waals surface area contributed by atoms with E-state index < -0.39 is 0 Å². The van der Waals surface area contributed by atoms with Crippen LogP contribution in [0.5, 0.6) is 5.75 Å². The van der Waals surface area contributed by atoms with Crippen LogP contribution in [0.4, 0.5) is 5.69 Å². The highest BCUT2D eigenvalue weighted by Crippen LogP contribution is 2.31. The molecule has 28 heavy (non-hydrogen) atoms. The van der Waals surface area contributed by atoms with Gasteiger partial charge < -0.3 is 9.64 Å². The van der Waals surface area contributed by atoms with Crippen LogP contribution in [0.2, 0.25) is 5.02 Å². The van der Waals surface area contributed by atoms with Gasteiger partial charge in [0.2, 0.25) is 0 Å². The fourth-order valence-corrected chi connectivity index (χ4v) is 4.64. The molecule has 0 bridgehead atoms. The number of rotatable bonds is 4. The highest BCUT2D eigenvalue weighted by Gasteiger charge is 2.24. The number of anilines is 1. The van der Waals surface area contributed by atoms with Crippen LogP contribution in [0.25, 0.3) is 0 Å². The van der Waals surface area contributed by atoms with E-state index >= 15 is 0 Å². The number of ether oxygens (including phenoxy) is 1. The summed E-state index contributed by atoms with van der Waals surface area (Å²) in [5.74, 6) is 0.882. The van der Waals surface area contributed by atoms with Gasteiger partial charge in [-0.15, -0.1) is 11.3 Å². The van der Waals surface area contributed by atoms with Crippen molar-refractivity contribution in [1.29, 1.82) is 0 Å². The number of aryl methyl sites for hydroxylation is 3. The van der Waals surface area contributed by atoms with Gasteiger partial charge in [-0.05, 0) is 73.5 Å². The molecule has 4 rings (SSSR count). The number of fused-ring (bicyclic) bond motifs is 1. The Kier molecular flexibility index (Phi) is 5.42. The van der Waals surface area contributed by atoms with Crippen molar-refractivity contribution >= 4 is 34.5 Å². The van der Waals surface area contributed by atoms with Crippen LogP contribution < -0.4 is 9.64 Å². The minimum Gasteiger partial charge on any atom is -0.489 e. The first-order chi connectivity index (χ1) is 13.5. The molecule has 0 atom stereocenters. The van der Waals surface area contributed by atoms with Crippen molar-refractivity contribution in [3.63, 3.8) is 0 Å². The van der Waals surface area contributed by atoms with E-state index in [2.05, 4.69) is 25.1 Å². The second kappa shape index (κ2) is 7.98. The maximum atomic E-state index is 13.1. The molecule has 0 fully saturated rings. The summed E-state index contributed by atoms with van der Waals surface area (Å²) in [6.45, 7) is 5.26. The number of carbonyl (C=O) groups excluding carboxylic acids is 1. The normalized spacial score (nSPS) is 13.3. The van der Waals surface area contributed by atoms with Crippen LogP contribution in [-0.2, 0) is 13.0 Å². The molecule has 0 N–H and O–H groups in total. The quantitative estimate of drug-likeness (QED) is 0.512. The van der Waals surface area contributed by atoms with Gasteiger partial charge in [0.05, 0.1) is 4.88 Å². The molecule has 1 aliphatic rings. The first-order valence-electron chi connectivity index (χ1n) is 9.39. The van der Waals surface area contributed by atoms with Crippen molar-refractivity contribution in [2.24, 2.45) is 0 Å². The van der Waals surface area contributed by atoms with E-state index in [4.69, 9.17) is 16.3 Å². The predicted molar refractivity (Wildman–Crippen MR) is 116 cm³/mol. The van der Waals surface area contributed by atoms with Gasteiger partial charge in [-0.1, -0.05) is 29.3 Å². The molecule has 0 saturated heterocycles. The molecule has 1 amide bonds. The minimum absolute atomic E-state index is 0.0729. The molecular weight excluding hydrogens is 390 g/mol. The number of nitrogens with zero attached hydrogens (tertiary/aromatic N) is 1. The second-order valence-corrected chi connectivity index (χ2v) is 8.56. The lowest BCUT2D eigenvalue weighted by Crippen LogP contribution is -2.35. The Morgan fingerprint density at radius 2 is 2.04 bits per heavy atom. The first kappa shape index (κ1) is 19.0. The minimum atomic E-state index is 0.0729. The van der Waals surface area contributed by atoms with E-state index in [-0.39, 0.29) is 5.91 Å². The lowest BCUT2D eigenvalue weighted by molar-refractivity contribution is 0.0989. The van der Waals surface area contributed by atoms with E-state index in [0.29, 0.717) is 11.6 Å². The Morgan fingerprint density at radius 3 is 2.86 bits per heavy atom. The van der Waals surface area contributed by atoms with Gasteiger partial charge in [-0.25, -0.2) is 0 Å². The molecule has 0 aliphatic carbocycles. The largest absolute Gasteiger partial charge is 0.489 e. The van der Waals surface area contributed by atoms with Gasteiger partial charge in [0.25, 0.3) is 5.91 Å². The third kappa shape index (κ3) is 3.94. The topological polar surface area (TPSA) is 29.5 Å². The van der Waals surface area contributed by atoms with Gasteiger partial charge in [0, 0.05) is 22.8 Å². The van der Waals surface area contributed by atoms with E-state index in [1.807, 2.05) is 41.5 Å². The molecule has 0 saturated carbocycles. The van der Waals surface area contributed by atoms with Gasteiger partial charge in [0.1, 0.15) is 12.4 Å². The maximum Gasteiger partial charge on any atom is 0.268 e. The highest BCUT2D eigenvalue weighted by molar-refractivity contribution is 7.12. The Bertz CT molecular complexity index is 1030. The second-order valence-electron chi connectivity index (χ2n) is 7.21. The average molecular weight is 412 g/mol. The SMILES string of the molecule is Cc1ccc2c(c1)CCCN2C(=O)c1cc(COc2ccc(Cl)cc2C)cs1. The number of amides is 1. The average Bonchev–Trinajstić information content (AvgIpc) is 3.15. The molecular formula is C23H22ClNO2S. The van der Waals surface area contributed by atoms with E-state index in [0.717, 1.165) is 46.8 Å². The Hall–Kier alpha value is -2.30. The van der Waals surface area contributed by atoms with Crippen molar-refractivity contribution in [2.45, 2.75) is 33.3 Å². The molecule has 1 aromatic heterocycles. The fraction of sp³-hybridized carbons (Fsp3) is 0.261. The molecule has 144 valence electrons. The number of carbonyl (C=O) groups is 1. The molecule has 5 heteroatoms. The number of halogens is 1. The van der Waals surface area contributed by atoms with E-state index in [1.165, 1.54) is 22.5 Å². The zero-order valence-electron chi connectivity index (χ0n) is 16.0. The van der Waals surface area contributed by atoms with E-state index in [1.54, 1.807) is 0 Å². The van der Waals surface area contributed by atoms with Gasteiger partial charge in [-0.3, -0.25) is 4.79 Å². The van der Waals surface area contributed by atoms with Crippen molar-refractivity contribution in [1.82, 2.24) is 0 Å². The van der Waals surface area contributed by atoms with Crippen molar-refractivity contribution < 1.29 is 9.53 Å². The van der Waals surface area contributed by atoms with Crippen LogP contribution >= 0.6 is 22.9 Å². The maximum absolute atomic E-state index is 13.1. The zero-order valence-corrected chi connectivity index (χ0v) is 17.6. The molecule has 1 aliphatic heterocycles. The molecule has 2 heterocycles. The number of thiophene rings is 1. The van der Waals surface area contributed by atoms with Gasteiger partial charge >= 0.3 is 0 Å². The van der Waals surface area contributed by atoms with Crippen LogP contribution in [0.1, 0.15) is 38.3 Å². The first-order valence-corrected chi connectivity index (χ1v) is 10.6. The zero-order chi connectivity index (χ0) is 19.7. The third-order valence-electron chi connectivity index (χ3n) is 4.99. The van der Waals surface area contributed by atoms with Gasteiger partial charge in [-0.2, -0.15) is 0 Å². The summed E-state index contributed by atoms with van der Waals surface area (Å²) in [6.07, 6.45) is 2.03. The Balaban J connectivity index is 1.48. The molecule has 0 unspecified atom stereocenters. The molecule has 0 spiro atoms. The summed E-state index contributed by atoms with van der Waals surface area (Å²) >= 11 is 7.47. The van der Waals surface area contributed by atoms with Crippen LogP contribution in [-0.4, -0.2) is 12.5 Å². The van der Waals surface area contributed by atoms with Crippen molar-refractivity contribution in [2.75, 3.05) is 11.4 Å². The summed E-state index contributed by atoms with van der Waals surface area (Å²) in [4.78, 5) is 15.8. The smallest absolute Gasteiger partial charge is 0.268 e. The van der Waals surface area contributed by atoms with Crippen LogP contribution in [0, 0.1) is 13.8 Å². The number of hydrogen-bond acceptors (Lipinski definition) is 3. The summed E-state index contributed by atoms with van der Waals surface area (Å²) in [6, 6.07) is 13.9. The van der Waals surface area contributed by atoms with Crippen molar-refractivity contribution in [3.8, 4) is 5.75 Å². The summed E-state index contributed by atoms with van der Waals surface area (Å²) in [7, 11) is 0. The number of benzene rings is 2. The molecule has 2 aromatic carbocycles. The van der Waals surface area contributed by atoms with E-state index in [9.17, 15) is 4.79 Å².